The fourth-order valence-electron chi connectivity index (χ4n) is 3.86. The summed E-state index contributed by atoms with van der Waals surface area (Å²) in [6, 6.07) is 14.5. The molecule has 5 rings (SSSR count). The second kappa shape index (κ2) is 7.89. The van der Waals surface area contributed by atoms with E-state index >= 15 is 0 Å². The molecule has 0 N–H and O–H groups in total. The maximum Gasteiger partial charge on any atom is 0.164 e. The van der Waals surface area contributed by atoms with Gasteiger partial charge < -0.3 is 9.80 Å². The van der Waals surface area contributed by atoms with Gasteiger partial charge >= 0.3 is 0 Å². The number of anilines is 1. The molecule has 4 heterocycles. The van der Waals surface area contributed by atoms with Crippen LogP contribution in [0.1, 0.15) is 6.42 Å². The van der Waals surface area contributed by atoms with Gasteiger partial charge in [-0.2, -0.15) is 0 Å². The monoisotopic (exact) mass is 401 g/mol. The lowest BCUT2D eigenvalue weighted by atomic mass is 10.1. The van der Waals surface area contributed by atoms with Gasteiger partial charge in [-0.3, -0.25) is 4.98 Å². The number of fused-ring (bicyclic) bond motifs is 1. The third-order valence-corrected chi connectivity index (χ3v) is 6.31. The largest absolute Gasteiger partial charge is 0.355 e. The molecular formula is C23H23N5S. The number of rotatable bonds is 3. The Bertz CT molecular complexity index is 1110. The molecule has 1 fully saturated rings. The number of pyridine rings is 1. The van der Waals surface area contributed by atoms with Crippen molar-refractivity contribution in [3.05, 3.63) is 60.2 Å². The minimum atomic E-state index is 0.750. The molecule has 0 atom stereocenters. The molecule has 0 radical (unpaired) electrons. The highest BCUT2D eigenvalue weighted by atomic mass is 32.1. The van der Waals surface area contributed by atoms with E-state index in [1.54, 1.807) is 17.5 Å². The summed E-state index contributed by atoms with van der Waals surface area (Å²) in [5.74, 6) is 1.80. The van der Waals surface area contributed by atoms with E-state index in [1.165, 1.54) is 16.5 Å². The summed E-state index contributed by atoms with van der Waals surface area (Å²) in [6.07, 6.45) is 4.76. The Hall–Kier alpha value is -2.83. The third-order valence-electron chi connectivity index (χ3n) is 5.44. The number of thiophene rings is 1. The molecule has 3 aromatic heterocycles. The van der Waals surface area contributed by atoms with Gasteiger partial charge in [0.1, 0.15) is 10.6 Å². The zero-order chi connectivity index (χ0) is 19.6. The minimum Gasteiger partial charge on any atom is -0.355 e. The zero-order valence-corrected chi connectivity index (χ0v) is 17.3. The van der Waals surface area contributed by atoms with Crippen LogP contribution < -0.4 is 4.90 Å². The van der Waals surface area contributed by atoms with Gasteiger partial charge in [0.15, 0.2) is 5.82 Å². The predicted molar refractivity (Wildman–Crippen MR) is 120 cm³/mol. The highest BCUT2D eigenvalue weighted by molar-refractivity contribution is 7.17. The van der Waals surface area contributed by atoms with E-state index in [-0.39, 0.29) is 0 Å². The summed E-state index contributed by atoms with van der Waals surface area (Å²) in [5, 5.41) is 3.38. The minimum absolute atomic E-state index is 0.750. The van der Waals surface area contributed by atoms with Crippen molar-refractivity contribution in [1.29, 1.82) is 0 Å². The molecule has 5 nitrogen and oxygen atoms in total. The summed E-state index contributed by atoms with van der Waals surface area (Å²) in [5.41, 5.74) is 3.39. The van der Waals surface area contributed by atoms with Crippen molar-refractivity contribution in [3.63, 3.8) is 0 Å². The molecule has 1 aliphatic rings. The Morgan fingerprint density at radius 3 is 2.59 bits per heavy atom. The van der Waals surface area contributed by atoms with Gasteiger partial charge in [0.05, 0.1) is 5.39 Å². The Labute approximate surface area is 174 Å². The van der Waals surface area contributed by atoms with Gasteiger partial charge in [0.2, 0.25) is 0 Å². The van der Waals surface area contributed by atoms with Crippen LogP contribution in [0, 0.1) is 0 Å². The van der Waals surface area contributed by atoms with Gasteiger partial charge in [-0.15, -0.1) is 11.3 Å². The molecule has 0 spiro atoms. The van der Waals surface area contributed by atoms with E-state index < -0.39 is 0 Å². The van der Waals surface area contributed by atoms with E-state index in [9.17, 15) is 0 Å². The van der Waals surface area contributed by atoms with Gasteiger partial charge in [-0.1, -0.05) is 30.3 Å². The molecule has 146 valence electrons. The second-order valence-electron chi connectivity index (χ2n) is 7.45. The molecule has 0 bridgehead atoms. The summed E-state index contributed by atoms with van der Waals surface area (Å²) in [4.78, 5) is 20.1. The predicted octanol–water partition coefficient (Wildman–Crippen LogP) is 4.56. The normalized spacial score (nSPS) is 15.6. The average Bonchev–Trinajstić information content (AvgIpc) is 3.09. The van der Waals surface area contributed by atoms with Crippen molar-refractivity contribution < 1.29 is 0 Å². The zero-order valence-electron chi connectivity index (χ0n) is 16.5. The lowest BCUT2D eigenvalue weighted by molar-refractivity contribution is 0.360. The van der Waals surface area contributed by atoms with E-state index in [1.807, 2.05) is 18.3 Å². The second-order valence-corrected chi connectivity index (χ2v) is 8.31. The molecular weight excluding hydrogens is 378 g/mol. The van der Waals surface area contributed by atoms with Crippen LogP contribution >= 0.6 is 11.3 Å². The van der Waals surface area contributed by atoms with Crippen LogP contribution in [-0.4, -0.2) is 53.1 Å². The van der Waals surface area contributed by atoms with Crippen LogP contribution in [0.3, 0.4) is 0 Å². The number of aromatic nitrogens is 3. The molecule has 0 saturated carbocycles. The van der Waals surface area contributed by atoms with Crippen molar-refractivity contribution in [2.75, 3.05) is 38.1 Å². The van der Waals surface area contributed by atoms with Gasteiger partial charge in [-0.25, -0.2) is 9.97 Å². The molecule has 0 amide bonds. The molecule has 1 saturated heterocycles. The molecule has 0 unspecified atom stereocenters. The summed E-state index contributed by atoms with van der Waals surface area (Å²) in [6.45, 7) is 4.14. The molecule has 4 aromatic rings. The molecule has 29 heavy (non-hydrogen) atoms. The van der Waals surface area contributed by atoms with Gasteiger partial charge in [-0.05, 0) is 37.7 Å². The molecule has 1 aromatic carbocycles. The van der Waals surface area contributed by atoms with Crippen molar-refractivity contribution in [1.82, 2.24) is 19.9 Å². The lowest BCUT2D eigenvalue weighted by Crippen LogP contribution is -2.29. The Morgan fingerprint density at radius 1 is 0.897 bits per heavy atom. The number of likely N-dealkylation sites (N-methyl/N-ethyl adjacent to an activating group) is 1. The Balaban J connectivity index is 1.70. The van der Waals surface area contributed by atoms with Crippen LogP contribution in [-0.2, 0) is 0 Å². The van der Waals surface area contributed by atoms with Crippen molar-refractivity contribution in [2.24, 2.45) is 0 Å². The highest BCUT2D eigenvalue weighted by Gasteiger charge is 2.22. The van der Waals surface area contributed by atoms with Crippen LogP contribution in [0.4, 0.5) is 5.82 Å². The number of hydrogen-bond acceptors (Lipinski definition) is 6. The van der Waals surface area contributed by atoms with Crippen LogP contribution in [0.15, 0.2) is 60.2 Å². The molecule has 0 aliphatic carbocycles. The summed E-state index contributed by atoms with van der Waals surface area (Å²) < 4.78 is 0. The van der Waals surface area contributed by atoms with E-state index in [0.29, 0.717) is 0 Å². The molecule has 6 heteroatoms. The third kappa shape index (κ3) is 3.61. The van der Waals surface area contributed by atoms with Crippen LogP contribution in [0.25, 0.3) is 32.7 Å². The highest BCUT2D eigenvalue weighted by Crippen LogP contribution is 2.39. The maximum atomic E-state index is 5.08. The first kappa shape index (κ1) is 18.2. The first-order valence-electron chi connectivity index (χ1n) is 9.98. The van der Waals surface area contributed by atoms with Crippen molar-refractivity contribution >= 4 is 27.4 Å². The van der Waals surface area contributed by atoms with E-state index in [4.69, 9.17) is 9.97 Å². The topological polar surface area (TPSA) is 45.2 Å². The quantitative estimate of drug-likeness (QED) is 0.503. The van der Waals surface area contributed by atoms with Crippen molar-refractivity contribution in [3.8, 4) is 22.5 Å². The first-order chi connectivity index (χ1) is 14.3. The first-order valence-corrected chi connectivity index (χ1v) is 10.9. The number of hydrogen-bond donors (Lipinski definition) is 0. The van der Waals surface area contributed by atoms with Crippen LogP contribution in [0.5, 0.6) is 0 Å². The number of nitrogens with zero attached hydrogens (tertiary/aromatic N) is 5. The number of benzene rings is 1. The fraction of sp³-hybridized carbons (Fsp3) is 0.261. The fourth-order valence-corrected chi connectivity index (χ4v) is 4.81. The Kier molecular flexibility index (Phi) is 4.96. The summed E-state index contributed by atoms with van der Waals surface area (Å²) >= 11 is 1.69. The lowest BCUT2D eigenvalue weighted by Gasteiger charge is -2.23. The Morgan fingerprint density at radius 2 is 1.76 bits per heavy atom. The van der Waals surface area contributed by atoms with E-state index in [2.05, 4.69) is 57.5 Å². The van der Waals surface area contributed by atoms with Crippen molar-refractivity contribution in [2.45, 2.75) is 6.42 Å². The molecule has 1 aliphatic heterocycles. The van der Waals surface area contributed by atoms with E-state index in [0.717, 1.165) is 54.6 Å². The van der Waals surface area contributed by atoms with Gasteiger partial charge in [0.25, 0.3) is 0 Å². The standard InChI is InChI=1S/C23H23N5S/c1-27-11-6-12-28(14-13-27)22-20-19(17-7-3-2-4-8-17)16-29-23(20)26-21(25-22)18-9-5-10-24-15-18/h2-5,7-10,15-16H,6,11-14H2,1H3. The van der Waals surface area contributed by atoms with Crippen LogP contribution in [0.2, 0.25) is 0 Å². The average molecular weight is 402 g/mol. The van der Waals surface area contributed by atoms with Gasteiger partial charge in [0, 0.05) is 48.5 Å². The maximum absolute atomic E-state index is 5.08. The smallest absolute Gasteiger partial charge is 0.164 e. The summed E-state index contributed by atoms with van der Waals surface area (Å²) in [7, 11) is 2.19. The SMILES string of the molecule is CN1CCCN(c2nc(-c3cccnc3)nc3scc(-c4ccccc4)c23)CC1.